The molecule has 1 aromatic carbocycles. The van der Waals surface area contributed by atoms with Crippen molar-refractivity contribution in [3.05, 3.63) is 65.0 Å². The van der Waals surface area contributed by atoms with Crippen LogP contribution in [0.2, 0.25) is 0 Å². The third kappa shape index (κ3) is 3.13. The molecule has 0 atom stereocenters. The van der Waals surface area contributed by atoms with E-state index in [4.69, 9.17) is 0 Å². The van der Waals surface area contributed by atoms with Gasteiger partial charge in [0, 0.05) is 47.1 Å². The van der Waals surface area contributed by atoms with Crippen LogP contribution in [0.4, 0.5) is 0 Å². The van der Waals surface area contributed by atoms with Gasteiger partial charge in [0.25, 0.3) is 5.91 Å². The van der Waals surface area contributed by atoms with E-state index >= 15 is 0 Å². The zero-order chi connectivity index (χ0) is 14.7. The molecule has 0 unspecified atom stereocenters. The van der Waals surface area contributed by atoms with Crippen LogP contribution < -0.4 is 5.32 Å². The number of amides is 1. The Bertz CT molecular complexity index is 768. The van der Waals surface area contributed by atoms with Gasteiger partial charge in [0.2, 0.25) is 0 Å². The molecule has 0 fully saturated rings. The molecule has 2 aromatic heterocycles. The summed E-state index contributed by atoms with van der Waals surface area (Å²) in [4.78, 5) is 15.9. The van der Waals surface area contributed by atoms with Gasteiger partial charge in [-0.15, -0.1) is 0 Å². The van der Waals surface area contributed by atoms with Crippen LogP contribution in [0.25, 0.3) is 10.9 Å². The zero-order valence-corrected chi connectivity index (χ0v) is 12.9. The number of benzene rings is 1. The van der Waals surface area contributed by atoms with E-state index in [1.807, 2.05) is 12.3 Å². The number of pyridine rings is 1. The van der Waals surface area contributed by atoms with E-state index < -0.39 is 0 Å². The molecule has 1 amide bonds. The molecule has 106 valence electrons. The Morgan fingerprint density at radius 3 is 3.00 bits per heavy atom. The Balaban J connectivity index is 1.63. The maximum absolute atomic E-state index is 11.9. The Labute approximate surface area is 130 Å². The molecule has 3 aromatic rings. The van der Waals surface area contributed by atoms with E-state index in [2.05, 4.69) is 49.0 Å². The predicted octanol–water partition coefficient (Wildman–Crippen LogP) is 3.23. The van der Waals surface area contributed by atoms with Gasteiger partial charge in [-0.05, 0) is 36.4 Å². The van der Waals surface area contributed by atoms with Crippen LogP contribution in [0.3, 0.4) is 0 Å². The monoisotopic (exact) mass is 343 g/mol. The Kier molecular flexibility index (Phi) is 4.01. The number of hydrogen-bond donors (Lipinski definition) is 1. The van der Waals surface area contributed by atoms with E-state index in [1.165, 1.54) is 5.39 Å². The second-order valence-corrected chi connectivity index (χ2v) is 5.63. The highest BCUT2D eigenvalue weighted by atomic mass is 79.9. The Morgan fingerprint density at radius 1 is 1.29 bits per heavy atom. The van der Waals surface area contributed by atoms with Gasteiger partial charge in [0.05, 0.1) is 5.56 Å². The molecule has 2 heterocycles. The molecule has 0 saturated heterocycles. The summed E-state index contributed by atoms with van der Waals surface area (Å²) in [5.74, 6) is -0.0951. The molecule has 0 aliphatic heterocycles. The topological polar surface area (TPSA) is 46.9 Å². The fourth-order valence-corrected chi connectivity index (χ4v) is 2.63. The SMILES string of the molecule is O=C(NCCn1ccc2cc(Br)ccc21)c1cccnc1. The third-order valence-corrected chi connectivity index (χ3v) is 3.79. The number of fused-ring (bicyclic) bond motifs is 1. The number of rotatable bonds is 4. The van der Waals surface area contributed by atoms with Crippen molar-refractivity contribution in [3.63, 3.8) is 0 Å². The number of carbonyl (C=O) groups excluding carboxylic acids is 1. The summed E-state index contributed by atoms with van der Waals surface area (Å²) in [7, 11) is 0. The lowest BCUT2D eigenvalue weighted by Gasteiger charge is -2.07. The predicted molar refractivity (Wildman–Crippen MR) is 86.2 cm³/mol. The molecular weight excluding hydrogens is 330 g/mol. The van der Waals surface area contributed by atoms with Crippen LogP contribution in [0.1, 0.15) is 10.4 Å². The molecule has 1 N–H and O–H groups in total. The molecule has 0 spiro atoms. The van der Waals surface area contributed by atoms with Crippen molar-refractivity contribution in [2.75, 3.05) is 6.54 Å². The van der Waals surface area contributed by atoms with E-state index in [0.29, 0.717) is 12.1 Å². The zero-order valence-electron chi connectivity index (χ0n) is 11.3. The second-order valence-electron chi connectivity index (χ2n) is 4.71. The molecule has 3 rings (SSSR count). The third-order valence-electron chi connectivity index (χ3n) is 3.30. The summed E-state index contributed by atoms with van der Waals surface area (Å²) in [5, 5.41) is 4.09. The molecular formula is C16H14BrN3O. The first-order valence-corrected chi connectivity index (χ1v) is 7.46. The van der Waals surface area contributed by atoms with E-state index in [-0.39, 0.29) is 5.91 Å². The number of aromatic nitrogens is 2. The summed E-state index contributed by atoms with van der Waals surface area (Å²) < 4.78 is 3.20. The van der Waals surface area contributed by atoms with Crippen molar-refractivity contribution in [2.45, 2.75) is 6.54 Å². The van der Waals surface area contributed by atoms with Crippen molar-refractivity contribution < 1.29 is 4.79 Å². The van der Waals surface area contributed by atoms with Gasteiger partial charge in [-0.2, -0.15) is 0 Å². The lowest BCUT2D eigenvalue weighted by Crippen LogP contribution is -2.27. The summed E-state index contributed by atoms with van der Waals surface area (Å²) in [6, 6.07) is 11.8. The Hall–Kier alpha value is -2.14. The van der Waals surface area contributed by atoms with Crippen molar-refractivity contribution in [2.24, 2.45) is 0 Å². The first kappa shape index (κ1) is 13.8. The van der Waals surface area contributed by atoms with Crippen molar-refractivity contribution >= 4 is 32.7 Å². The lowest BCUT2D eigenvalue weighted by atomic mass is 10.2. The number of halogens is 1. The maximum Gasteiger partial charge on any atom is 0.252 e. The molecule has 0 aliphatic rings. The molecule has 4 nitrogen and oxygen atoms in total. The minimum atomic E-state index is -0.0951. The fraction of sp³-hybridized carbons (Fsp3) is 0.125. The fourth-order valence-electron chi connectivity index (χ4n) is 2.26. The smallest absolute Gasteiger partial charge is 0.252 e. The summed E-state index contributed by atoms with van der Waals surface area (Å²) >= 11 is 3.47. The van der Waals surface area contributed by atoms with Crippen molar-refractivity contribution in [3.8, 4) is 0 Å². The first-order chi connectivity index (χ1) is 10.2. The highest BCUT2D eigenvalue weighted by molar-refractivity contribution is 9.10. The van der Waals surface area contributed by atoms with Crippen LogP contribution in [0.15, 0.2) is 59.5 Å². The van der Waals surface area contributed by atoms with Crippen molar-refractivity contribution in [1.29, 1.82) is 0 Å². The van der Waals surface area contributed by atoms with Crippen LogP contribution in [-0.4, -0.2) is 22.0 Å². The van der Waals surface area contributed by atoms with Gasteiger partial charge in [0.15, 0.2) is 0 Å². The minimum Gasteiger partial charge on any atom is -0.350 e. The van der Waals surface area contributed by atoms with E-state index in [0.717, 1.165) is 16.5 Å². The van der Waals surface area contributed by atoms with E-state index in [1.54, 1.807) is 24.5 Å². The first-order valence-electron chi connectivity index (χ1n) is 6.67. The summed E-state index contributed by atoms with van der Waals surface area (Å²) in [5.41, 5.74) is 1.74. The van der Waals surface area contributed by atoms with Crippen molar-refractivity contribution in [1.82, 2.24) is 14.9 Å². The molecule has 5 heteroatoms. The Morgan fingerprint density at radius 2 is 2.19 bits per heavy atom. The highest BCUT2D eigenvalue weighted by Crippen LogP contribution is 2.20. The van der Waals surface area contributed by atoms with Gasteiger partial charge in [0.1, 0.15) is 0 Å². The van der Waals surface area contributed by atoms with Crippen LogP contribution in [0.5, 0.6) is 0 Å². The van der Waals surface area contributed by atoms with Gasteiger partial charge >= 0.3 is 0 Å². The molecule has 0 saturated carbocycles. The average molecular weight is 344 g/mol. The maximum atomic E-state index is 11.9. The summed E-state index contributed by atoms with van der Waals surface area (Å²) in [6.45, 7) is 1.31. The minimum absolute atomic E-state index is 0.0951. The average Bonchev–Trinajstić information content (AvgIpc) is 2.90. The number of nitrogens with zero attached hydrogens (tertiary/aromatic N) is 2. The number of nitrogens with one attached hydrogen (secondary N) is 1. The van der Waals surface area contributed by atoms with Gasteiger partial charge in [-0.3, -0.25) is 9.78 Å². The van der Waals surface area contributed by atoms with Crippen LogP contribution in [-0.2, 0) is 6.54 Å². The molecule has 0 bridgehead atoms. The standard InChI is InChI=1S/C16H14BrN3O/c17-14-3-4-15-12(10-14)5-8-20(15)9-7-19-16(21)13-2-1-6-18-11-13/h1-6,8,10-11H,7,9H2,(H,19,21). The molecule has 0 aliphatic carbocycles. The number of hydrogen-bond acceptors (Lipinski definition) is 2. The largest absolute Gasteiger partial charge is 0.350 e. The lowest BCUT2D eigenvalue weighted by molar-refractivity contribution is 0.0952. The van der Waals surface area contributed by atoms with Crippen LogP contribution >= 0.6 is 15.9 Å². The molecule has 0 radical (unpaired) electrons. The van der Waals surface area contributed by atoms with E-state index in [9.17, 15) is 4.79 Å². The van der Waals surface area contributed by atoms with Gasteiger partial charge in [-0.1, -0.05) is 15.9 Å². The van der Waals surface area contributed by atoms with Gasteiger partial charge < -0.3 is 9.88 Å². The van der Waals surface area contributed by atoms with Crippen LogP contribution in [0, 0.1) is 0 Å². The normalized spacial score (nSPS) is 10.7. The van der Waals surface area contributed by atoms with Gasteiger partial charge in [-0.25, -0.2) is 0 Å². The molecule has 21 heavy (non-hydrogen) atoms. The highest BCUT2D eigenvalue weighted by Gasteiger charge is 2.05. The number of carbonyl (C=O) groups is 1. The second kappa shape index (κ2) is 6.10. The summed E-state index contributed by atoms with van der Waals surface area (Å²) in [6.07, 6.45) is 5.26. The quantitative estimate of drug-likeness (QED) is 0.790.